The van der Waals surface area contributed by atoms with E-state index in [9.17, 15) is 0 Å². The molecule has 0 saturated heterocycles. The van der Waals surface area contributed by atoms with Gasteiger partial charge in [-0.05, 0) is 26.0 Å². The third kappa shape index (κ3) is 0.829. The van der Waals surface area contributed by atoms with E-state index >= 15 is 0 Å². The van der Waals surface area contributed by atoms with Crippen LogP contribution in [0, 0.1) is 13.8 Å². The van der Waals surface area contributed by atoms with Crippen LogP contribution < -0.4 is 0 Å². The minimum Gasteiger partial charge on any atom is -0.363 e. The van der Waals surface area contributed by atoms with Crippen molar-refractivity contribution in [1.29, 1.82) is 0 Å². The van der Waals surface area contributed by atoms with E-state index in [1.54, 1.807) is 13.0 Å². The normalized spacial score (nSPS) is 13.4. The van der Waals surface area contributed by atoms with Gasteiger partial charge in [0.1, 0.15) is 0 Å². The number of H-pyrrole nitrogens is 1. The zero-order valence-electron chi connectivity index (χ0n) is 6.52. The Morgan fingerprint density at radius 3 is 2.57 bits per heavy atom. The van der Waals surface area contributed by atoms with Gasteiger partial charge in [-0.2, -0.15) is 0 Å². The number of aryl methyl sites for hydroxylation is 1. The van der Waals surface area contributed by atoms with E-state index in [0.717, 1.165) is 5.69 Å². The summed E-state index contributed by atoms with van der Waals surface area (Å²) >= 11 is 0. The highest BCUT2D eigenvalue weighted by Crippen LogP contribution is 1.95. The predicted octanol–water partition coefficient (Wildman–Crippen LogP) is 1.63. The average Bonchev–Trinajstić information content (AvgIpc) is 1.98. The van der Waals surface area contributed by atoms with Crippen molar-refractivity contribution in [3.05, 3.63) is 23.5 Å². The first kappa shape index (κ1) is 2.55. The van der Waals surface area contributed by atoms with Gasteiger partial charge < -0.3 is 4.98 Å². The van der Waals surface area contributed by atoms with Crippen LogP contribution >= 0.6 is 0 Å². The maximum absolute atomic E-state index is 7.26. The molecule has 1 N–H and O–H groups in total. The van der Waals surface area contributed by atoms with Crippen molar-refractivity contribution in [1.82, 2.24) is 4.98 Å². The molecule has 1 heteroatoms. The molecule has 0 amide bonds. The van der Waals surface area contributed by atoms with Crippen molar-refractivity contribution in [2.24, 2.45) is 0 Å². The van der Waals surface area contributed by atoms with E-state index in [2.05, 4.69) is 0 Å². The second-order valence-electron chi connectivity index (χ2n) is 1.63. The second-order valence-corrected chi connectivity index (χ2v) is 1.63. The lowest BCUT2D eigenvalue weighted by Gasteiger charge is -1.77. The Bertz CT molecular complexity index is 205. The lowest BCUT2D eigenvalue weighted by molar-refractivity contribution is 1.19. The lowest BCUT2D eigenvalue weighted by Crippen LogP contribution is -1.67. The third-order valence-corrected chi connectivity index (χ3v) is 0.834. The summed E-state index contributed by atoms with van der Waals surface area (Å²) in [5.74, 6) is 0. The molecule has 1 aromatic rings. The van der Waals surface area contributed by atoms with Gasteiger partial charge in [-0.1, -0.05) is 0 Å². The highest BCUT2D eigenvalue weighted by atomic mass is 14.7. The predicted molar refractivity (Wildman–Crippen MR) is 30.3 cm³/mol. The summed E-state index contributed by atoms with van der Waals surface area (Å²) in [4.78, 5) is 1.27. The van der Waals surface area contributed by atoms with Crippen molar-refractivity contribution >= 4 is 0 Å². The SMILES string of the molecule is [2H]c1cc(C)n([2H])c1C. The Balaban J connectivity index is 3.29. The monoisotopic (exact) mass is 97.1 g/mol. The molecule has 0 aliphatic carbocycles. The molecule has 0 bridgehead atoms. The van der Waals surface area contributed by atoms with E-state index in [1.165, 1.54) is 4.98 Å². The van der Waals surface area contributed by atoms with Gasteiger partial charge in [0.2, 0.25) is 0 Å². The van der Waals surface area contributed by atoms with Gasteiger partial charge >= 0.3 is 0 Å². The molecular formula is C6H9N. The van der Waals surface area contributed by atoms with Gasteiger partial charge in [0.15, 0.2) is 1.41 Å². The smallest absolute Gasteiger partial charge is 0.166 e. The zero-order chi connectivity index (χ0) is 7.02. The minimum atomic E-state index is 0.447. The number of nitrogens with one attached hydrogen (secondary N) is 1. The Kier molecular flexibility index (Phi) is 0.515. The number of aromatic amines is 1. The quantitative estimate of drug-likeness (QED) is 0.506. The Hall–Kier alpha value is -0.720. The number of hydrogen-bond acceptors (Lipinski definition) is 0. The van der Waals surface area contributed by atoms with E-state index < -0.39 is 0 Å². The Labute approximate surface area is 46.2 Å². The van der Waals surface area contributed by atoms with E-state index in [0.29, 0.717) is 11.7 Å². The topological polar surface area (TPSA) is 15.8 Å². The molecular weight excluding hydrogens is 86.1 g/mol. The van der Waals surface area contributed by atoms with Crippen LogP contribution in [0.4, 0.5) is 0 Å². The summed E-state index contributed by atoms with van der Waals surface area (Å²) in [6.45, 7) is 3.58. The summed E-state index contributed by atoms with van der Waals surface area (Å²) in [7, 11) is 0. The summed E-state index contributed by atoms with van der Waals surface area (Å²) in [5, 5.41) is 0. The molecule has 0 atom stereocenters. The lowest BCUT2D eigenvalue weighted by atomic mass is 10.5. The largest absolute Gasteiger partial charge is 0.363 e. The zero-order valence-corrected chi connectivity index (χ0v) is 4.52. The van der Waals surface area contributed by atoms with Crippen molar-refractivity contribution < 1.29 is 2.78 Å². The standard InChI is InChI=1S/C6H9N/c1-5-3-4-6(2)7-5/h3-4,7H,1-2H3/i3D/hD. The van der Waals surface area contributed by atoms with Gasteiger partial charge in [0, 0.05) is 11.4 Å². The first-order valence-corrected chi connectivity index (χ1v) is 2.27. The minimum absolute atomic E-state index is 0.447. The Morgan fingerprint density at radius 1 is 1.71 bits per heavy atom. The van der Waals surface area contributed by atoms with E-state index in [1.807, 2.05) is 6.92 Å². The molecule has 1 rings (SSSR count). The molecule has 7 heavy (non-hydrogen) atoms. The molecule has 0 radical (unpaired) electrons. The molecule has 1 nitrogen and oxygen atoms in total. The summed E-state index contributed by atoms with van der Waals surface area (Å²) in [6.07, 6.45) is 0. The van der Waals surface area contributed by atoms with Crippen LogP contribution in [0.3, 0.4) is 0 Å². The van der Waals surface area contributed by atoms with Gasteiger partial charge in [0.25, 0.3) is 0 Å². The molecule has 0 saturated carbocycles. The summed E-state index contributed by atoms with van der Waals surface area (Å²) in [6, 6.07) is 2.13. The van der Waals surface area contributed by atoms with Crippen LogP contribution in [-0.2, 0) is 0 Å². The van der Waals surface area contributed by atoms with Crippen molar-refractivity contribution in [2.45, 2.75) is 13.8 Å². The average molecular weight is 97.2 g/mol. The molecule has 0 spiro atoms. The fourth-order valence-electron chi connectivity index (χ4n) is 0.538. The van der Waals surface area contributed by atoms with Crippen LogP contribution in [-0.4, -0.2) is 4.98 Å². The van der Waals surface area contributed by atoms with Crippen molar-refractivity contribution in [3.63, 3.8) is 0 Å². The molecule has 1 aromatic heterocycles. The maximum atomic E-state index is 7.26. The molecule has 38 valence electrons. The van der Waals surface area contributed by atoms with Crippen molar-refractivity contribution in [3.8, 4) is 0 Å². The molecule has 0 aliphatic rings. The fourth-order valence-corrected chi connectivity index (χ4v) is 0.538. The third-order valence-electron chi connectivity index (χ3n) is 0.834. The number of aromatic nitrogens is 1. The highest BCUT2D eigenvalue weighted by molar-refractivity contribution is 5.09. The highest BCUT2D eigenvalue weighted by Gasteiger charge is 1.82. The maximum Gasteiger partial charge on any atom is 0.166 e. The van der Waals surface area contributed by atoms with Crippen LogP contribution in [0.25, 0.3) is 0 Å². The molecule has 1 heterocycles. The molecule has 0 aliphatic heterocycles. The molecule has 0 unspecified atom stereocenters. The van der Waals surface area contributed by atoms with Gasteiger partial charge in [-0.3, -0.25) is 0 Å². The number of rotatable bonds is 0. The molecule has 0 aromatic carbocycles. The van der Waals surface area contributed by atoms with Crippen LogP contribution in [0.5, 0.6) is 0 Å². The first-order valence-electron chi connectivity index (χ1n) is 3.22. The molecule has 0 fully saturated rings. The number of hydrogen-bond donors (Lipinski definition) is 1. The van der Waals surface area contributed by atoms with Crippen LogP contribution in [0.15, 0.2) is 12.1 Å². The fraction of sp³-hybridized carbons (Fsp3) is 0.333. The Morgan fingerprint density at radius 2 is 2.43 bits per heavy atom. The van der Waals surface area contributed by atoms with Gasteiger partial charge in [0.05, 0.1) is 1.37 Å². The summed E-state index contributed by atoms with van der Waals surface area (Å²) in [5.41, 5.74) is 1.52. The first-order chi connectivity index (χ1) is 4.13. The van der Waals surface area contributed by atoms with Crippen molar-refractivity contribution in [2.75, 3.05) is 0 Å². The summed E-state index contributed by atoms with van der Waals surface area (Å²) < 4.78 is 14.5. The van der Waals surface area contributed by atoms with E-state index in [4.69, 9.17) is 2.78 Å². The van der Waals surface area contributed by atoms with Gasteiger partial charge in [-0.15, -0.1) is 0 Å². The van der Waals surface area contributed by atoms with Crippen LogP contribution in [0.2, 0.25) is 1.41 Å². The van der Waals surface area contributed by atoms with E-state index in [-0.39, 0.29) is 0 Å². The van der Waals surface area contributed by atoms with Gasteiger partial charge in [-0.25, -0.2) is 0 Å². The second kappa shape index (κ2) is 1.41. The van der Waals surface area contributed by atoms with Crippen LogP contribution in [0.1, 0.15) is 12.8 Å².